The van der Waals surface area contributed by atoms with E-state index in [2.05, 4.69) is 41.5 Å². The van der Waals surface area contributed by atoms with E-state index in [9.17, 15) is 9.90 Å². The van der Waals surface area contributed by atoms with E-state index in [0.717, 1.165) is 42.1 Å². The summed E-state index contributed by atoms with van der Waals surface area (Å²) >= 11 is 0. The number of hydrogen-bond acceptors (Lipinski definition) is 7. The number of carboxylic acids is 1. The molecule has 3 unspecified atom stereocenters. The maximum atomic E-state index is 12.5. The van der Waals surface area contributed by atoms with Gasteiger partial charge in [-0.25, -0.2) is 14.2 Å². The van der Waals surface area contributed by atoms with Crippen LogP contribution in [0.5, 0.6) is 0 Å². The van der Waals surface area contributed by atoms with Gasteiger partial charge in [0.1, 0.15) is 5.82 Å². The first kappa shape index (κ1) is 22.6. The van der Waals surface area contributed by atoms with Gasteiger partial charge >= 0.3 is 5.97 Å². The Labute approximate surface area is 199 Å². The van der Waals surface area contributed by atoms with Gasteiger partial charge in [-0.2, -0.15) is 10.2 Å². The maximum Gasteiger partial charge on any atom is 0.341 e. The first-order chi connectivity index (χ1) is 16.4. The highest BCUT2D eigenvalue weighted by Gasteiger charge is 2.43. The number of para-hydroxylation sites is 1. The van der Waals surface area contributed by atoms with Crippen molar-refractivity contribution in [2.45, 2.75) is 51.2 Å². The van der Waals surface area contributed by atoms with Crippen molar-refractivity contribution in [3.8, 4) is 5.69 Å². The lowest BCUT2D eigenvalue weighted by atomic mass is 10.0. The summed E-state index contributed by atoms with van der Waals surface area (Å²) in [6, 6.07) is 10.0. The van der Waals surface area contributed by atoms with Crippen LogP contribution in [0.1, 0.15) is 43.6 Å². The van der Waals surface area contributed by atoms with Gasteiger partial charge in [0.15, 0.2) is 12.5 Å². The molecule has 34 heavy (non-hydrogen) atoms. The molecule has 2 aliphatic heterocycles. The van der Waals surface area contributed by atoms with E-state index in [1.807, 2.05) is 57.0 Å². The van der Waals surface area contributed by atoms with E-state index in [1.165, 1.54) is 0 Å². The lowest BCUT2D eigenvalue weighted by Gasteiger charge is -2.44. The number of nitrogens with zero attached hydrogens (tertiary/aromatic N) is 6. The topological polar surface area (TPSA) is 103 Å². The molecule has 4 heterocycles. The van der Waals surface area contributed by atoms with Crippen LogP contribution in [0, 0.1) is 0 Å². The maximum absolute atomic E-state index is 12.5. The van der Waals surface area contributed by atoms with Gasteiger partial charge in [0.2, 0.25) is 0 Å². The second-order valence-electron chi connectivity index (χ2n) is 9.41. The van der Waals surface area contributed by atoms with Crippen molar-refractivity contribution >= 4 is 11.8 Å². The second kappa shape index (κ2) is 9.21. The van der Waals surface area contributed by atoms with E-state index >= 15 is 0 Å². The van der Waals surface area contributed by atoms with Crippen LogP contribution < -0.4 is 15.5 Å². The third-order valence-corrected chi connectivity index (χ3v) is 6.72. The van der Waals surface area contributed by atoms with E-state index < -0.39 is 18.4 Å². The van der Waals surface area contributed by atoms with Gasteiger partial charge in [0.25, 0.3) is 0 Å². The van der Waals surface area contributed by atoms with Gasteiger partial charge in [0.05, 0.1) is 11.9 Å². The third kappa shape index (κ3) is 4.08. The largest absolute Gasteiger partial charge is 0.479 e. The van der Waals surface area contributed by atoms with Crippen LogP contribution in [0.3, 0.4) is 0 Å². The van der Waals surface area contributed by atoms with Gasteiger partial charge in [-0.15, -0.1) is 0 Å². The highest BCUT2D eigenvalue weighted by Crippen LogP contribution is 2.36. The van der Waals surface area contributed by atoms with E-state index in [1.54, 1.807) is 6.20 Å². The molecule has 1 saturated heterocycles. The minimum Gasteiger partial charge on any atom is -0.479 e. The molecule has 2 aromatic heterocycles. The summed E-state index contributed by atoms with van der Waals surface area (Å²) < 4.78 is 3.74. The Hall–Kier alpha value is -3.21. The van der Waals surface area contributed by atoms with Gasteiger partial charge < -0.3 is 14.9 Å². The van der Waals surface area contributed by atoms with E-state index in [0.29, 0.717) is 6.54 Å². The molecule has 10 heteroatoms. The zero-order valence-corrected chi connectivity index (χ0v) is 19.8. The van der Waals surface area contributed by atoms with Gasteiger partial charge in [-0.05, 0) is 43.6 Å². The molecule has 3 aromatic rings. The van der Waals surface area contributed by atoms with Crippen LogP contribution in [0.25, 0.3) is 5.69 Å². The van der Waals surface area contributed by atoms with Gasteiger partial charge in [-0.1, -0.05) is 32.0 Å². The Bertz CT molecular complexity index is 1140. The Morgan fingerprint density at radius 3 is 2.76 bits per heavy atom. The molecule has 0 bridgehead atoms. The minimum absolute atomic E-state index is 0.105. The third-order valence-electron chi connectivity index (χ3n) is 6.72. The molecular weight excluding hydrogens is 432 g/mol. The monoisotopic (exact) mass is 464 g/mol. The molecule has 1 aromatic carbocycles. The predicted molar refractivity (Wildman–Crippen MR) is 129 cm³/mol. The van der Waals surface area contributed by atoms with Crippen molar-refractivity contribution in [3.63, 3.8) is 0 Å². The number of hydrogen-bond donors (Lipinski definition) is 3. The lowest BCUT2D eigenvalue weighted by molar-refractivity contribution is -0.140. The molecule has 2 aliphatic rings. The summed E-state index contributed by atoms with van der Waals surface area (Å²) in [6.07, 6.45) is 5.14. The van der Waals surface area contributed by atoms with Crippen LogP contribution in [0.4, 0.5) is 5.82 Å². The van der Waals surface area contributed by atoms with Gasteiger partial charge in [-0.3, -0.25) is 10.6 Å². The average Bonchev–Trinajstić information content (AvgIpc) is 3.58. The molecule has 0 spiro atoms. The Kier molecular flexibility index (Phi) is 6.11. The minimum atomic E-state index is -0.888. The fourth-order valence-corrected chi connectivity index (χ4v) is 5.02. The van der Waals surface area contributed by atoms with E-state index in [-0.39, 0.29) is 12.0 Å². The predicted octanol–water partition coefficient (Wildman–Crippen LogP) is 1.96. The number of carbonyl (C=O) groups is 1. The number of likely N-dealkylation sites (N-methyl/N-ethyl adjacent to an activating group) is 1. The average molecular weight is 465 g/mol. The van der Waals surface area contributed by atoms with Crippen LogP contribution in [-0.2, 0) is 11.3 Å². The SMILES string of the molecule is CC(C)c1cnn2c1N(C1CCN(C)C1)C(C(=O)O)NC2NCc1ccccc1-n1cccn1. The van der Waals surface area contributed by atoms with Crippen LogP contribution in [0.15, 0.2) is 48.9 Å². The number of anilines is 1. The summed E-state index contributed by atoms with van der Waals surface area (Å²) in [5.41, 5.74) is 3.09. The molecule has 5 rings (SSSR count). The zero-order chi connectivity index (χ0) is 23.8. The van der Waals surface area contributed by atoms with Crippen LogP contribution in [-0.4, -0.2) is 67.9 Å². The van der Waals surface area contributed by atoms with Crippen molar-refractivity contribution in [1.82, 2.24) is 35.1 Å². The number of benzene rings is 1. The summed E-state index contributed by atoms with van der Waals surface area (Å²) in [5.74, 6) is 0.221. The lowest BCUT2D eigenvalue weighted by Crippen LogP contribution is -2.63. The number of aromatic nitrogens is 4. The standard InChI is InChI=1S/C24H32N8O2/c1-16(2)19-14-27-32-22(19)31(18-9-12-29(3)15-18)21(23(33)34)28-24(32)25-13-17-7-4-5-8-20(17)30-11-6-10-26-30/h4-8,10-11,14,16,18,21,24-25,28H,9,12-13,15H2,1-3H3,(H,33,34). The molecule has 0 saturated carbocycles. The zero-order valence-electron chi connectivity index (χ0n) is 19.8. The smallest absolute Gasteiger partial charge is 0.341 e. The first-order valence-corrected chi connectivity index (χ1v) is 11.8. The first-order valence-electron chi connectivity index (χ1n) is 11.8. The molecule has 10 nitrogen and oxygen atoms in total. The fraction of sp³-hybridized carbons (Fsp3) is 0.458. The molecule has 3 atom stereocenters. The van der Waals surface area contributed by atoms with Crippen LogP contribution in [0.2, 0.25) is 0 Å². The number of likely N-dealkylation sites (tertiary alicyclic amines) is 1. The van der Waals surface area contributed by atoms with Gasteiger partial charge in [0, 0.05) is 37.1 Å². The molecule has 0 aliphatic carbocycles. The van der Waals surface area contributed by atoms with Crippen molar-refractivity contribution < 1.29 is 9.90 Å². The highest BCUT2D eigenvalue weighted by atomic mass is 16.4. The van der Waals surface area contributed by atoms with Crippen molar-refractivity contribution in [1.29, 1.82) is 0 Å². The van der Waals surface area contributed by atoms with E-state index in [4.69, 9.17) is 5.10 Å². The normalized spacial score (nSPS) is 22.9. The molecule has 1 fully saturated rings. The van der Waals surface area contributed by atoms with Crippen molar-refractivity contribution in [3.05, 3.63) is 60.0 Å². The highest BCUT2D eigenvalue weighted by molar-refractivity contribution is 5.78. The second-order valence-corrected chi connectivity index (χ2v) is 9.41. The molecule has 3 N–H and O–H groups in total. The van der Waals surface area contributed by atoms with Crippen molar-refractivity contribution in [2.24, 2.45) is 0 Å². The summed E-state index contributed by atoms with van der Waals surface area (Å²) in [5, 5.41) is 26.1. The molecular formula is C24H32N8O2. The quantitative estimate of drug-likeness (QED) is 0.488. The summed E-state index contributed by atoms with van der Waals surface area (Å²) in [7, 11) is 2.08. The summed E-state index contributed by atoms with van der Waals surface area (Å²) in [6.45, 7) is 6.53. The Balaban J connectivity index is 1.48. The Morgan fingerprint density at radius 2 is 2.09 bits per heavy atom. The number of nitrogens with one attached hydrogen (secondary N) is 2. The number of fused-ring (bicyclic) bond motifs is 1. The number of aliphatic carboxylic acids is 1. The number of carboxylic acid groups (broad SMARTS) is 1. The summed E-state index contributed by atoms with van der Waals surface area (Å²) in [4.78, 5) is 16.7. The molecule has 0 radical (unpaired) electrons. The van der Waals surface area contributed by atoms with Crippen molar-refractivity contribution in [2.75, 3.05) is 25.0 Å². The molecule has 180 valence electrons. The fourth-order valence-electron chi connectivity index (χ4n) is 5.02. The molecule has 0 amide bonds. The Morgan fingerprint density at radius 1 is 1.26 bits per heavy atom. The van der Waals surface area contributed by atoms with Crippen LogP contribution >= 0.6 is 0 Å². The number of rotatable bonds is 7.